The Balaban J connectivity index is 1.61. The first-order chi connectivity index (χ1) is 13.0. The number of nitrogens with one attached hydrogen (secondary N) is 2. The maximum atomic E-state index is 12.2. The average molecular weight is 383 g/mol. The van der Waals surface area contributed by atoms with Crippen LogP contribution in [0.5, 0.6) is 5.75 Å². The van der Waals surface area contributed by atoms with Crippen LogP contribution in [0.2, 0.25) is 5.02 Å². The molecular formula is C20H19ClN4O2. The molecule has 2 N–H and O–H groups in total. The average Bonchev–Trinajstić information content (AvgIpc) is 2.64. The van der Waals surface area contributed by atoms with Crippen molar-refractivity contribution < 1.29 is 9.53 Å². The molecule has 0 saturated carbocycles. The van der Waals surface area contributed by atoms with Gasteiger partial charge in [0.25, 0.3) is 5.91 Å². The summed E-state index contributed by atoms with van der Waals surface area (Å²) in [4.78, 5) is 12.2. The minimum absolute atomic E-state index is 0.129. The number of ether oxygens (including phenoxy) is 1. The lowest BCUT2D eigenvalue weighted by Crippen LogP contribution is -2.13. The van der Waals surface area contributed by atoms with Crippen molar-refractivity contribution in [2.24, 2.45) is 0 Å². The van der Waals surface area contributed by atoms with E-state index >= 15 is 0 Å². The lowest BCUT2D eigenvalue weighted by atomic mass is 10.2. The van der Waals surface area contributed by atoms with Gasteiger partial charge in [0, 0.05) is 16.3 Å². The molecule has 0 spiro atoms. The fourth-order valence-electron chi connectivity index (χ4n) is 2.32. The van der Waals surface area contributed by atoms with Crippen LogP contribution in [-0.4, -0.2) is 22.2 Å². The van der Waals surface area contributed by atoms with Gasteiger partial charge >= 0.3 is 0 Å². The number of carbonyl (C=O) groups is 1. The molecule has 0 aliphatic carbocycles. The van der Waals surface area contributed by atoms with Crippen LogP contribution in [0.25, 0.3) is 0 Å². The van der Waals surface area contributed by atoms with Crippen LogP contribution >= 0.6 is 11.6 Å². The van der Waals surface area contributed by atoms with Crippen LogP contribution in [-0.2, 0) is 0 Å². The van der Waals surface area contributed by atoms with Gasteiger partial charge in [-0.1, -0.05) is 17.7 Å². The number of amides is 1. The van der Waals surface area contributed by atoms with Crippen LogP contribution in [0, 0.1) is 0 Å². The Morgan fingerprint density at radius 2 is 1.70 bits per heavy atom. The highest BCUT2D eigenvalue weighted by Gasteiger charge is 2.08. The van der Waals surface area contributed by atoms with Crippen molar-refractivity contribution in [1.82, 2.24) is 10.2 Å². The highest BCUT2D eigenvalue weighted by atomic mass is 35.5. The third-order valence-corrected chi connectivity index (χ3v) is 3.73. The van der Waals surface area contributed by atoms with E-state index in [4.69, 9.17) is 16.3 Å². The van der Waals surface area contributed by atoms with E-state index in [1.54, 1.807) is 36.4 Å². The van der Waals surface area contributed by atoms with Crippen LogP contribution in [0.4, 0.5) is 17.3 Å². The summed E-state index contributed by atoms with van der Waals surface area (Å²) in [6.45, 7) is 3.96. The largest absolute Gasteiger partial charge is 0.491 e. The van der Waals surface area contributed by atoms with E-state index in [1.165, 1.54) is 0 Å². The molecular weight excluding hydrogens is 364 g/mol. The molecule has 0 aliphatic rings. The van der Waals surface area contributed by atoms with Crippen LogP contribution in [0.1, 0.15) is 24.2 Å². The summed E-state index contributed by atoms with van der Waals surface area (Å²) in [7, 11) is 0. The molecule has 7 heteroatoms. The number of anilines is 3. The second-order valence-electron chi connectivity index (χ2n) is 6.08. The quantitative estimate of drug-likeness (QED) is 0.633. The molecule has 27 heavy (non-hydrogen) atoms. The molecule has 0 saturated heterocycles. The van der Waals surface area contributed by atoms with Gasteiger partial charge in [0.05, 0.1) is 6.10 Å². The number of hydrogen-bond donors (Lipinski definition) is 2. The maximum absolute atomic E-state index is 12.2. The van der Waals surface area contributed by atoms with Gasteiger partial charge in [-0.2, -0.15) is 0 Å². The molecule has 3 rings (SSSR count). The summed E-state index contributed by atoms with van der Waals surface area (Å²) in [6, 6.07) is 17.7. The molecule has 0 fully saturated rings. The summed E-state index contributed by atoms with van der Waals surface area (Å²) in [5.41, 5.74) is 1.31. The number of nitrogens with zero attached hydrogens (tertiary/aromatic N) is 2. The SMILES string of the molecule is CC(C)Oc1ccc(Nc2ccc(NC(=O)c3cccc(Cl)c3)nn2)cc1. The van der Waals surface area contributed by atoms with Gasteiger partial charge in [0.1, 0.15) is 5.75 Å². The van der Waals surface area contributed by atoms with E-state index in [9.17, 15) is 4.79 Å². The van der Waals surface area contributed by atoms with Crippen LogP contribution in [0.15, 0.2) is 60.7 Å². The third-order valence-electron chi connectivity index (χ3n) is 3.49. The molecule has 2 aromatic carbocycles. The number of aromatic nitrogens is 2. The van der Waals surface area contributed by atoms with Gasteiger partial charge in [-0.3, -0.25) is 4.79 Å². The Kier molecular flexibility index (Phi) is 5.88. The first-order valence-electron chi connectivity index (χ1n) is 8.44. The highest BCUT2D eigenvalue weighted by molar-refractivity contribution is 6.31. The first kappa shape index (κ1) is 18.7. The number of rotatable bonds is 6. The standard InChI is InChI=1S/C20H19ClN4O2/c1-13(2)27-17-8-6-16(7-9-17)22-18-10-11-19(25-24-18)23-20(26)14-4-3-5-15(21)12-14/h3-13H,1-2H3,(H,22,24)(H,23,25,26). The fraction of sp³-hybridized carbons (Fsp3) is 0.150. The zero-order chi connectivity index (χ0) is 19.2. The Labute approximate surface area is 162 Å². The van der Waals surface area contributed by atoms with E-state index in [0.717, 1.165) is 11.4 Å². The molecule has 0 radical (unpaired) electrons. The monoisotopic (exact) mass is 382 g/mol. The van der Waals surface area contributed by atoms with E-state index < -0.39 is 0 Å². The Bertz CT molecular complexity index is 912. The van der Waals surface area contributed by atoms with Gasteiger partial charge in [-0.25, -0.2) is 0 Å². The molecule has 6 nitrogen and oxygen atoms in total. The van der Waals surface area contributed by atoms with Gasteiger partial charge in [0.2, 0.25) is 0 Å². The van der Waals surface area contributed by atoms with Crippen LogP contribution in [0.3, 0.4) is 0 Å². The van der Waals surface area contributed by atoms with Crippen molar-refractivity contribution in [3.8, 4) is 5.75 Å². The minimum atomic E-state index is -0.298. The summed E-state index contributed by atoms with van der Waals surface area (Å²) < 4.78 is 5.61. The molecule has 0 bridgehead atoms. The molecule has 0 aliphatic heterocycles. The molecule has 0 unspecified atom stereocenters. The van der Waals surface area contributed by atoms with Crippen molar-refractivity contribution in [1.29, 1.82) is 0 Å². The molecule has 1 heterocycles. The predicted molar refractivity (Wildman–Crippen MR) is 107 cm³/mol. The van der Waals surface area contributed by atoms with Gasteiger partial charge in [-0.15, -0.1) is 10.2 Å². The third kappa shape index (κ3) is 5.43. The number of hydrogen-bond acceptors (Lipinski definition) is 5. The van der Waals surface area contributed by atoms with E-state index in [-0.39, 0.29) is 12.0 Å². The van der Waals surface area contributed by atoms with E-state index in [1.807, 2.05) is 38.1 Å². The number of benzene rings is 2. The number of halogens is 1. The second-order valence-corrected chi connectivity index (χ2v) is 6.52. The minimum Gasteiger partial charge on any atom is -0.491 e. The predicted octanol–water partition coefficient (Wildman–Crippen LogP) is 4.91. The Morgan fingerprint density at radius 1 is 1.00 bits per heavy atom. The zero-order valence-corrected chi connectivity index (χ0v) is 15.7. The summed E-state index contributed by atoms with van der Waals surface area (Å²) >= 11 is 5.90. The first-order valence-corrected chi connectivity index (χ1v) is 8.82. The molecule has 138 valence electrons. The Hall–Kier alpha value is -3.12. The topological polar surface area (TPSA) is 76.1 Å². The summed E-state index contributed by atoms with van der Waals surface area (Å²) in [6.07, 6.45) is 0.129. The van der Waals surface area contributed by atoms with Crippen molar-refractivity contribution >= 4 is 34.8 Å². The van der Waals surface area contributed by atoms with Crippen LogP contribution < -0.4 is 15.4 Å². The summed E-state index contributed by atoms with van der Waals surface area (Å²) in [5.74, 6) is 1.42. The molecule has 0 atom stereocenters. The smallest absolute Gasteiger partial charge is 0.256 e. The highest BCUT2D eigenvalue weighted by Crippen LogP contribution is 2.20. The van der Waals surface area contributed by atoms with Crippen molar-refractivity contribution in [2.45, 2.75) is 20.0 Å². The van der Waals surface area contributed by atoms with E-state index in [0.29, 0.717) is 22.2 Å². The number of carbonyl (C=O) groups excluding carboxylic acids is 1. The van der Waals surface area contributed by atoms with Gasteiger partial charge < -0.3 is 15.4 Å². The lowest BCUT2D eigenvalue weighted by Gasteiger charge is -2.11. The Morgan fingerprint density at radius 3 is 2.33 bits per heavy atom. The normalized spacial score (nSPS) is 10.5. The van der Waals surface area contributed by atoms with E-state index in [2.05, 4.69) is 20.8 Å². The second kappa shape index (κ2) is 8.51. The van der Waals surface area contributed by atoms with Crippen molar-refractivity contribution in [3.63, 3.8) is 0 Å². The zero-order valence-electron chi connectivity index (χ0n) is 14.9. The molecule has 1 amide bonds. The molecule has 3 aromatic rings. The van der Waals surface area contributed by atoms with Crippen molar-refractivity contribution in [2.75, 3.05) is 10.6 Å². The maximum Gasteiger partial charge on any atom is 0.256 e. The molecule has 1 aromatic heterocycles. The van der Waals surface area contributed by atoms with Gasteiger partial charge in [0.15, 0.2) is 11.6 Å². The summed E-state index contributed by atoms with van der Waals surface area (Å²) in [5, 5.41) is 14.4. The lowest BCUT2D eigenvalue weighted by molar-refractivity contribution is 0.102. The van der Waals surface area contributed by atoms with Crippen molar-refractivity contribution in [3.05, 3.63) is 71.2 Å². The fourth-order valence-corrected chi connectivity index (χ4v) is 2.51. The van der Waals surface area contributed by atoms with Gasteiger partial charge in [-0.05, 0) is 68.4 Å².